The van der Waals surface area contributed by atoms with Crippen molar-refractivity contribution in [2.24, 2.45) is 0 Å². The monoisotopic (exact) mass is 268 g/mol. The van der Waals surface area contributed by atoms with E-state index in [0.29, 0.717) is 0 Å². The Morgan fingerprint density at radius 3 is 2.00 bits per heavy atom. The van der Waals surface area contributed by atoms with E-state index >= 15 is 0 Å². The highest BCUT2D eigenvalue weighted by molar-refractivity contribution is 5.64. The number of aromatic nitrogens is 2. The normalized spacial score (nSPS) is 10.8. The molecule has 0 aliphatic rings. The van der Waals surface area contributed by atoms with E-state index in [1.165, 1.54) is 22.3 Å². The van der Waals surface area contributed by atoms with Crippen LogP contribution in [0.2, 0.25) is 0 Å². The van der Waals surface area contributed by atoms with Crippen LogP contribution in [0.4, 0.5) is 0 Å². The minimum absolute atomic E-state index is 1.07. The van der Waals surface area contributed by atoms with Crippen molar-refractivity contribution in [2.45, 2.75) is 53.4 Å². The second-order valence-electron chi connectivity index (χ2n) is 5.46. The molecule has 20 heavy (non-hydrogen) atoms. The number of hydrogen-bond donors (Lipinski definition) is 0. The van der Waals surface area contributed by atoms with Gasteiger partial charge in [0.1, 0.15) is 0 Å². The third-order valence-corrected chi connectivity index (χ3v) is 3.71. The van der Waals surface area contributed by atoms with E-state index in [1.807, 2.05) is 0 Å². The first-order chi connectivity index (χ1) is 9.67. The lowest BCUT2D eigenvalue weighted by molar-refractivity contribution is 0.815. The Morgan fingerprint density at radius 2 is 1.40 bits per heavy atom. The molecule has 106 valence electrons. The second kappa shape index (κ2) is 6.65. The summed E-state index contributed by atoms with van der Waals surface area (Å²) in [5.74, 6) is 0. The summed E-state index contributed by atoms with van der Waals surface area (Å²) in [6, 6.07) is 8.60. The van der Waals surface area contributed by atoms with Gasteiger partial charge < -0.3 is 0 Å². The van der Waals surface area contributed by atoms with E-state index in [-0.39, 0.29) is 0 Å². The van der Waals surface area contributed by atoms with Crippen LogP contribution in [0.25, 0.3) is 11.3 Å². The minimum atomic E-state index is 1.07. The molecule has 0 unspecified atom stereocenters. The number of hydrogen-bond acceptors (Lipinski definition) is 2. The molecular weight excluding hydrogens is 244 g/mol. The maximum Gasteiger partial charge on any atom is 0.0964 e. The predicted octanol–water partition coefficient (Wildman–Crippen LogP) is 4.67. The highest BCUT2D eigenvalue weighted by atomic mass is 15.1. The molecule has 2 nitrogen and oxygen atoms in total. The summed E-state index contributed by atoms with van der Waals surface area (Å²) in [6.07, 6.45) is 4.46. The molecule has 0 amide bonds. The molecule has 2 rings (SSSR count). The molecule has 1 aromatic carbocycles. The molecule has 1 heterocycles. The maximum atomic E-state index is 4.49. The fraction of sp³-hybridized carbons (Fsp3) is 0.444. The van der Waals surface area contributed by atoms with Crippen LogP contribution in [-0.2, 0) is 12.8 Å². The average molecular weight is 268 g/mol. The van der Waals surface area contributed by atoms with Crippen LogP contribution in [0, 0.1) is 13.8 Å². The van der Waals surface area contributed by atoms with Crippen LogP contribution in [0.3, 0.4) is 0 Å². The highest BCUT2D eigenvalue weighted by Gasteiger charge is 2.14. The second-order valence-corrected chi connectivity index (χ2v) is 5.46. The van der Waals surface area contributed by atoms with Gasteiger partial charge in [-0.05, 0) is 37.8 Å². The first-order valence-electron chi connectivity index (χ1n) is 7.59. The van der Waals surface area contributed by atoms with Crippen LogP contribution in [0.5, 0.6) is 0 Å². The van der Waals surface area contributed by atoms with Gasteiger partial charge in [0.15, 0.2) is 0 Å². The number of benzene rings is 1. The van der Waals surface area contributed by atoms with Crippen molar-refractivity contribution in [1.29, 1.82) is 0 Å². The summed E-state index contributed by atoms with van der Waals surface area (Å²) in [5, 5.41) is 8.88. The molecule has 2 aromatic rings. The third-order valence-electron chi connectivity index (χ3n) is 3.71. The Bertz CT molecular complexity index is 571. The van der Waals surface area contributed by atoms with Gasteiger partial charge in [0.25, 0.3) is 0 Å². The Morgan fingerprint density at radius 1 is 0.800 bits per heavy atom. The Balaban J connectivity index is 2.56. The summed E-state index contributed by atoms with van der Waals surface area (Å²) >= 11 is 0. The van der Waals surface area contributed by atoms with Crippen LogP contribution in [-0.4, -0.2) is 10.2 Å². The van der Waals surface area contributed by atoms with Gasteiger partial charge in [-0.15, -0.1) is 5.10 Å². The molecule has 0 radical (unpaired) electrons. The molecule has 2 heteroatoms. The van der Waals surface area contributed by atoms with E-state index in [0.717, 1.165) is 37.1 Å². The topological polar surface area (TPSA) is 25.8 Å². The van der Waals surface area contributed by atoms with Crippen molar-refractivity contribution in [2.75, 3.05) is 0 Å². The van der Waals surface area contributed by atoms with Gasteiger partial charge in [0, 0.05) is 5.56 Å². The van der Waals surface area contributed by atoms with Gasteiger partial charge in [-0.25, -0.2) is 0 Å². The van der Waals surface area contributed by atoms with Crippen molar-refractivity contribution in [3.63, 3.8) is 0 Å². The van der Waals surface area contributed by atoms with Crippen LogP contribution < -0.4 is 0 Å². The SMILES string of the molecule is CCCc1c(C)nnc(-c2ccc(C)cc2)c1CCC. The maximum absolute atomic E-state index is 4.49. The lowest BCUT2D eigenvalue weighted by Crippen LogP contribution is -2.06. The van der Waals surface area contributed by atoms with Gasteiger partial charge in [0.2, 0.25) is 0 Å². The number of aryl methyl sites for hydroxylation is 2. The highest BCUT2D eigenvalue weighted by Crippen LogP contribution is 2.27. The number of nitrogens with zero attached hydrogens (tertiary/aromatic N) is 2. The van der Waals surface area contributed by atoms with Crippen LogP contribution in [0.1, 0.15) is 49.1 Å². The van der Waals surface area contributed by atoms with Gasteiger partial charge in [-0.2, -0.15) is 5.10 Å². The summed E-state index contributed by atoms with van der Waals surface area (Å²) in [6.45, 7) is 8.64. The van der Waals surface area contributed by atoms with E-state index in [1.54, 1.807) is 0 Å². The van der Waals surface area contributed by atoms with E-state index in [2.05, 4.69) is 62.2 Å². The van der Waals surface area contributed by atoms with Gasteiger partial charge in [-0.3, -0.25) is 0 Å². The summed E-state index contributed by atoms with van der Waals surface area (Å²) in [5.41, 5.74) is 7.42. The predicted molar refractivity (Wildman–Crippen MR) is 84.9 cm³/mol. The third kappa shape index (κ3) is 3.06. The summed E-state index contributed by atoms with van der Waals surface area (Å²) < 4.78 is 0. The zero-order chi connectivity index (χ0) is 14.5. The molecule has 0 atom stereocenters. The molecule has 0 N–H and O–H groups in total. The molecule has 0 bridgehead atoms. The summed E-state index contributed by atoms with van der Waals surface area (Å²) in [7, 11) is 0. The van der Waals surface area contributed by atoms with Crippen molar-refractivity contribution >= 4 is 0 Å². The molecule has 0 aliphatic carbocycles. The summed E-state index contributed by atoms with van der Waals surface area (Å²) in [4.78, 5) is 0. The largest absolute Gasteiger partial charge is 0.155 e. The fourth-order valence-electron chi connectivity index (χ4n) is 2.65. The first kappa shape index (κ1) is 14.7. The molecule has 0 fully saturated rings. The van der Waals surface area contributed by atoms with E-state index in [9.17, 15) is 0 Å². The smallest absolute Gasteiger partial charge is 0.0964 e. The molecule has 0 spiro atoms. The van der Waals surface area contributed by atoms with Gasteiger partial charge >= 0.3 is 0 Å². The lowest BCUT2D eigenvalue weighted by Gasteiger charge is -2.15. The minimum Gasteiger partial charge on any atom is -0.155 e. The van der Waals surface area contributed by atoms with Crippen LogP contribution in [0.15, 0.2) is 24.3 Å². The first-order valence-corrected chi connectivity index (χ1v) is 7.59. The molecule has 0 saturated heterocycles. The van der Waals surface area contributed by atoms with Crippen molar-refractivity contribution in [3.05, 3.63) is 46.6 Å². The standard InChI is InChI=1S/C18H24N2/c1-5-7-16-14(4)19-20-18(17(16)8-6-2)15-11-9-13(3)10-12-15/h9-12H,5-8H2,1-4H3. The van der Waals surface area contributed by atoms with Gasteiger partial charge in [0.05, 0.1) is 11.4 Å². The Kier molecular flexibility index (Phi) is 4.89. The Labute approximate surface area is 122 Å². The van der Waals surface area contributed by atoms with Crippen molar-refractivity contribution in [3.8, 4) is 11.3 Å². The molecule has 0 aliphatic heterocycles. The molecule has 0 saturated carbocycles. The van der Waals surface area contributed by atoms with E-state index < -0.39 is 0 Å². The quantitative estimate of drug-likeness (QED) is 0.787. The fourth-order valence-corrected chi connectivity index (χ4v) is 2.65. The van der Waals surface area contributed by atoms with Crippen molar-refractivity contribution in [1.82, 2.24) is 10.2 Å². The average Bonchev–Trinajstić information content (AvgIpc) is 2.44. The van der Waals surface area contributed by atoms with Gasteiger partial charge in [-0.1, -0.05) is 56.5 Å². The van der Waals surface area contributed by atoms with Crippen molar-refractivity contribution < 1.29 is 0 Å². The van der Waals surface area contributed by atoms with E-state index in [4.69, 9.17) is 0 Å². The zero-order valence-electron chi connectivity index (χ0n) is 13.0. The zero-order valence-corrected chi connectivity index (χ0v) is 13.0. The lowest BCUT2D eigenvalue weighted by atomic mass is 9.94. The Hall–Kier alpha value is -1.70. The molecular formula is C18H24N2. The number of rotatable bonds is 5. The van der Waals surface area contributed by atoms with Crippen LogP contribution >= 0.6 is 0 Å². The molecule has 1 aromatic heterocycles.